The van der Waals surface area contributed by atoms with Gasteiger partial charge in [0, 0.05) is 6.04 Å². The predicted molar refractivity (Wildman–Crippen MR) is 69.2 cm³/mol. The zero-order valence-corrected chi connectivity index (χ0v) is 11.0. The van der Waals surface area contributed by atoms with Crippen LogP contribution in [0.2, 0.25) is 0 Å². The van der Waals surface area contributed by atoms with Gasteiger partial charge in [-0.05, 0) is 37.8 Å². The fourth-order valence-corrected chi connectivity index (χ4v) is 2.29. The summed E-state index contributed by atoms with van der Waals surface area (Å²) < 4.78 is 0. The van der Waals surface area contributed by atoms with Crippen molar-refractivity contribution in [2.24, 2.45) is 0 Å². The zero-order valence-electron chi connectivity index (χ0n) is 10.1. The fourth-order valence-electron chi connectivity index (χ4n) is 1.80. The third-order valence-corrected chi connectivity index (χ3v) is 3.23. The van der Waals surface area contributed by atoms with E-state index in [0.717, 1.165) is 12.6 Å². The minimum Gasteiger partial charge on any atom is -0.314 e. The maximum Gasteiger partial charge on any atom is 0.00668 e. The van der Waals surface area contributed by atoms with Gasteiger partial charge in [-0.15, -0.1) is 0 Å². The van der Waals surface area contributed by atoms with Gasteiger partial charge in [0.05, 0.1) is 0 Å². The summed E-state index contributed by atoms with van der Waals surface area (Å²) in [6.45, 7) is 5.60. The van der Waals surface area contributed by atoms with Crippen molar-refractivity contribution in [3.8, 4) is 0 Å². The molecule has 0 heterocycles. The first kappa shape index (κ1) is 14.3. The van der Waals surface area contributed by atoms with Crippen molar-refractivity contribution in [1.82, 2.24) is 5.32 Å². The lowest BCUT2D eigenvalue weighted by molar-refractivity contribution is 0.440. The molecule has 0 rings (SSSR count). The van der Waals surface area contributed by atoms with Gasteiger partial charge in [-0.2, -0.15) is 11.8 Å². The summed E-state index contributed by atoms with van der Waals surface area (Å²) in [5.74, 6) is 1.33. The molecule has 0 radical (unpaired) electrons. The summed E-state index contributed by atoms with van der Waals surface area (Å²) in [6.07, 6.45) is 10.4. The summed E-state index contributed by atoms with van der Waals surface area (Å²) in [6, 6.07) is 0.777. The highest BCUT2D eigenvalue weighted by molar-refractivity contribution is 7.98. The Kier molecular flexibility index (Phi) is 11.6. The normalized spacial score (nSPS) is 13.1. The Bertz CT molecular complexity index is 100. The van der Waals surface area contributed by atoms with Crippen molar-refractivity contribution in [2.45, 2.75) is 58.4 Å². The average Bonchev–Trinajstić information content (AvgIpc) is 2.18. The number of nitrogens with one attached hydrogen (secondary N) is 1. The summed E-state index contributed by atoms with van der Waals surface area (Å²) in [4.78, 5) is 0. The topological polar surface area (TPSA) is 12.0 Å². The highest BCUT2D eigenvalue weighted by atomic mass is 32.2. The lowest BCUT2D eigenvalue weighted by Crippen LogP contribution is -2.28. The SMILES string of the molecule is CCCC(CCCCCSC)NCC. The molecule has 0 amide bonds. The van der Waals surface area contributed by atoms with Crippen LogP contribution < -0.4 is 5.32 Å². The van der Waals surface area contributed by atoms with Crippen molar-refractivity contribution in [3.05, 3.63) is 0 Å². The van der Waals surface area contributed by atoms with Crippen molar-refractivity contribution >= 4 is 11.8 Å². The van der Waals surface area contributed by atoms with Crippen LogP contribution in [0.25, 0.3) is 0 Å². The molecule has 0 bridgehead atoms. The number of hydrogen-bond acceptors (Lipinski definition) is 2. The van der Waals surface area contributed by atoms with E-state index in [1.807, 2.05) is 11.8 Å². The molecule has 0 aromatic heterocycles. The van der Waals surface area contributed by atoms with E-state index in [1.54, 1.807) is 0 Å². The Balaban J connectivity index is 3.30. The first-order chi connectivity index (χ1) is 6.85. The second kappa shape index (κ2) is 11.4. The Hall–Kier alpha value is 0.310. The van der Waals surface area contributed by atoms with E-state index in [2.05, 4.69) is 25.4 Å². The van der Waals surface area contributed by atoms with Gasteiger partial charge in [-0.25, -0.2) is 0 Å². The third-order valence-electron chi connectivity index (χ3n) is 2.53. The highest BCUT2D eigenvalue weighted by Crippen LogP contribution is 2.09. The van der Waals surface area contributed by atoms with E-state index in [4.69, 9.17) is 0 Å². The Morgan fingerprint density at radius 1 is 1.07 bits per heavy atom. The molecule has 0 aromatic carbocycles. The van der Waals surface area contributed by atoms with Crippen LogP contribution >= 0.6 is 11.8 Å². The highest BCUT2D eigenvalue weighted by Gasteiger charge is 2.04. The van der Waals surface area contributed by atoms with Crippen LogP contribution in [0.3, 0.4) is 0 Å². The van der Waals surface area contributed by atoms with Crippen LogP contribution in [-0.2, 0) is 0 Å². The number of rotatable bonds is 10. The largest absolute Gasteiger partial charge is 0.314 e. The van der Waals surface area contributed by atoms with Crippen LogP contribution in [0.1, 0.15) is 52.4 Å². The molecule has 1 nitrogen and oxygen atoms in total. The molecular formula is C12H27NS. The molecule has 86 valence electrons. The molecule has 0 fully saturated rings. The smallest absolute Gasteiger partial charge is 0.00668 e. The minimum absolute atomic E-state index is 0.777. The third kappa shape index (κ3) is 8.89. The quantitative estimate of drug-likeness (QED) is 0.560. The number of unbranched alkanes of at least 4 members (excludes halogenated alkanes) is 2. The van der Waals surface area contributed by atoms with E-state index in [9.17, 15) is 0 Å². The second-order valence-electron chi connectivity index (χ2n) is 3.89. The van der Waals surface area contributed by atoms with E-state index in [-0.39, 0.29) is 0 Å². The van der Waals surface area contributed by atoms with Gasteiger partial charge in [0.25, 0.3) is 0 Å². The zero-order chi connectivity index (χ0) is 10.6. The van der Waals surface area contributed by atoms with Gasteiger partial charge in [0.2, 0.25) is 0 Å². The Morgan fingerprint density at radius 2 is 1.86 bits per heavy atom. The Labute approximate surface area is 94.4 Å². The maximum atomic E-state index is 3.57. The van der Waals surface area contributed by atoms with E-state index >= 15 is 0 Å². The maximum absolute atomic E-state index is 3.57. The molecule has 1 atom stereocenters. The van der Waals surface area contributed by atoms with Crippen LogP contribution in [0.15, 0.2) is 0 Å². The van der Waals surface area contributed by atoms with Crippen LogP contribution in [0.4, 0.5) is 0 Å². The van der Waals surface area contributed by atoms with Gasteiger partial charge in [-0.3, -0.25) is 0 Å². The summed E-state index contributed by atoms with van der Waals surface area (Å²) in [5.41, 5.74) is 0. The molecule has 0 aliphatic heterocycles. The molecule has 0 aromatic rings. The van der Waals surface area contributed by atoms with E-state index in [0.29, 0.717) is 0 Å². The van der Waals surface area contributed by atoms with Crippen molar-refractivity contribution in [1.29, 1.82) is 0 Å². The first-order valence-corrected chi connectivity index (χ1v) is 7.46. The number of thioether (sulfide) groups is 1. The summed E-state index contributed by atoms with van der Waals surface area (Å²) >= 11 is 1.97. The predicted octanol–water partition coefficient (Wildman–Crippen LogP) is 3.69. The van der Waals surface area contributed by atoms with Gasteiger partial charge in [0.1, 0.15) is 0 Å². The molecular weight excluding hydrogens is 190 g/mol. The lowest BCUT2D eigenvalue weighted by Gasteiger charge is -2.16. The Morgan fingerprint density at radius 3 is 2.43 bits per heavy atom. The molecule has 0 saturated carbocycles. The van der Waals surface area contributed by atoms with Crippen molar-refractivity contribution in [2.75, 3.05) is 18.6 Å². The monoisotopic (exact) mass is 217 g/mol. The number of hydrogen-bond donors (Lipinski definition) is 1. The average molecular weight is 217 g/mol. The lowest BCUT2D eigenvalue weighted by atomic mass is 10.0. The van der Waals surface area contributed by atoms with E-state index in [1.165, 1.54) is 44.3 Å². The van der Waals surface area contributed by atoms with Gasteiger partial charge >= 0.3 is 0 Å². The van der Waals surface area contributed by atoms with Crippen LogP contribution in [0.5, 0.6) is 0 Å². The molecule has 1 unspecified atom stereocenters. The van der Waals surface area contributed by atoms with Gasteiger partial charge in [0.15, 0.2) is 0 Å². The second-order valence-corrected chi connectivity index (χ2v) is 4.87. The summed E-state index contributed by atoms with van der Waals surface area (Å²) in [7, 11) is 0. The molecule has 0 aliphatic carbocycles. The molecule has 2 heteroatoms. The van der Waals surface area contributed by atoms with E-state index < -0.39 is 0 Å². The molecule has 14 heavy (non-hydrogen) atoms. The molecule has 0 aliphatic rings. The van der Waals surface area contributed by atoms with Gasteiger partial charge in [-0.1, -0.05) is 33.1 Å². The van der Waals surface area contributed by atoms with Crippen molar-refractivity contribution in [3.63, 3.8) is 0 Å². The molecule has 1 N–H and O–H groups in total. The van der Waals surface area contributed by atoms with Crippen molar-refractivity contribution < 1.29 is 0 Å². The minimum atomic E-state index is 0.777. The fraction of sp³-hybridized carbons (Fsp3) is 1.00. The molecule has 0 saturated heterocycles. The summed E-state index contributed by atoms with van der Waals surface area (Å²) in [5, 5.41) is 3.57. The standard InChI is InChI=1S/C12H27NS/c1-4-9-12(13-5-2)10-7-6-8-11-14-3/h12-13H,4-11H2,1-3H3. The first-order valence-electron chi connectivity index (χ1n) is 6.07. The molecule has 0 spiro atoms. The van der Waals surface area contributed by atoms with Gasteiger partial charge < -0.3 is 5.32 Å². The van der Waals surface area contributed by atoms with Crippen LogP contribution in [-0.4, -0.2) is 24.6 Å². The van der Waals surface area contributed by atoms with Crippen LogP contribution in [0, 0.1) is 0 Å².